The van der Waals surface area contributed by atoms with Crippen molar-refractivity contribution in [3.63, 3.8) is 0 Å². The second-order valence-electron chi connectivity index (χ2n) is 7.62. The molecule has 3 aromatic rings. The third-order valence-electron chi connectivity index (χ3n) is 5.51. The summed E-state index contributed by atoms with van der Waals surface area (Å²) in [4.78, 5) is 16.4. The van der Waals surface area contributed by atoms with Crippen molar-refractivity contribution in [3.05, 3.63) is 83.2 Å². The molecule has 4 rings (SSSR count). The first-order chi connectivity index (χ1) is 15.6. The molecule has 1 saturated heterocycles. The van der Waals surface area contributed by atoms with E-state index in [-0.39, 0.29) is 24.5 Å². The number of aliphatic hydroxyl groups is 1. The molecule has 2 heterocycles. The van der Waals surface area contributed by atoms with Crippen LogP contribution in [0.4, 0.5) is 27.6 Å². The third-order valence-corrected chi connectivity index (χ3v) is 5.51. The zero-order chi connectivity index (χ0) is 23.8. The molecule has 1 aliphatic heterocycles. The lowest BCUT2D eigenvalue weighted by molar-refractivity contribution is -0.141. The van der Waals surface area contributed by atoms with Crippen LogP contribution in [-0.2, 0) is 27.7 Å². The molecule has 10 heteroatoms. The maximum atomic E-state index is 13.5. The summed E-state index contributed by atoms with van der Waals surface area (Å²) in [6.45, 7) is -0.492. The molecule has 33 heavy (non-hydrogen) atoms. The fourth-order valence-corrected chi connectivity index (χ4v) is 3.57. The van der Waals surface area contributed by atoms with Crippen molar-refractivity contribution >= 4 is 11.6 Å². The highest BCUT2D eigenvalue weighted by Crippen LogP contribution is 2.36. The number of ether oxygens (including phenoxy) is 1. The van der Waals surface area contributed by atoms with Crippen molar-refractivity contribution in [1.82, 2.24) is 4.98 Å². The number of amides is 1. The van der Waals surface area contributed by atoms with E-state index in [1.165, 1.54) is 6.07 Å². The highest BCUT2D eigenvalue weighted by Gasteiger charge is 2.47. The van der Waals surface area contributed by atoms with Gasteiger partial charge in [0.2, 0.25) is 5.91 Å². The van der Waals surface area contributed by atoms with Gasteiger partial charge < -0.3 is 15.2 Å². The number of anilines is 1. The number of rotatable bonds is 5. The summed E-state index contributed by atoms with van der Waals surface area (Å²) < 4.78 is 70.6. The molecule has 0 aliphatic carbocycles. The van der Waals surface area contributed by atoms with Crippen LogP contribution in [0.3, 0.4) is 0 Å². The van der Waals surface area contributed by atoms with Gasteiger partial charge in [0.05, 0.1) is 19.8 Å². The van der Waals surface area contributed by atoms with Gasteiger partial charge in [0, 0.05) is 23.5 Å². The van der Waals surface area contributed by atoms with Gasteiger partial charge >= 0.3 is 6.18 Å². The molecule has 0 spiro atoms. The number of carbonyl (C=O) groups excluding carboxylic acids is 1. The monoisotopic (exact) mass is 464 g/mol. The van der Waals surface area contributed by atoms with Crippen molar-refractivity contribution < 1.29 is 36.6 Å². The van der Waals surface area contributed by atoms with Gasteiger partial charge in [-0.05, 0) is 34.9 Å². The average Bonchev–Trinajstić information content (AvgIpc) is 2.75. The minimum absolute atomic E-state index is 0.0582. The van der Waals surface area contributed by atoms with Crippen molar-refractivity contribution in [3.8, 4) is 11.1 Å². The molecule has 0 unspecified atom stereocenters. The number of aromatic nitrogens is 1. The maximum Gasteiger partial charge on any atom is 0.433 e. The molecular formula is C23H17F5N2O3. The highest BCUT2D eigenvalue weighted by atomic mass is 19.4. The Bertz CT molecular complexity index is 1190. The summed E-state index contributed by atoms with van der Waals surface area (Å²) in [6, 6.07) is 10.3. The third kappa shape index (κ3) is 4.31. The molecule has 1 fully saturated rings. The number of hydrogen-bond acceptors (Lipinski definition) is 4. The summed E-state index contributed by atoms with van der Waals surface area (Å²) in [5.74, 6) is -2.61. The van der Waals surface area contributed by atoms with E-state index in [0.29, 0.717) is 16.7 Å². The van der Waals surface area contributed by atoms with Crippen LogP contribution in [0.25, 0.3) is 11.1 Å². The van der Waals surface area contributed by atoms with Gasteiger partial charge in [-0.15, -0.1) is 0 Å². The summed E-state index contributed by atoms with van der Waals surface area (Å²) in [5.41, 5.74) is -0.633. The number of pyridine rings is 1. The smallest absolute Gasteiger partial charge is 0.392 e. The normalized spacial score (nSPS) is 15.1. The topological polar surface area (TPSA) is 71.5 Å². The predicted molar refractivity (Wildman–Crippen MR) is 108 cm³/mol. The van der Waals surface area contributed by atoms with Crippen molar-refractivity contribution in [2.45, 2.75) is 18.2 Å². The lowest BCUT2D eigenvalue weighted by Gasteiger charge is -2.40. The van der Waals surface area contributed by atoms with Crippen LogP contribution in [0.15, 0.2) is 54.7 Å². The zero-order valence-electron chi connectivity index (χ0n) is 16.9. The zero-order valence-corrected chi connectivity index (χ0v) is 16.9. The molecule has 0 radical (unpaired) electrons. The minimum Gasteiger partial charge on any atom is -0.392 e. The van der Waals surface area contributed by atoms with Gasteiger partial charge in [0.25, 0.3) is 0 Å². The molecule has 0 atom stereocenters. The first kappa shape index (κ1) is 22.8. The lowest BCUT2D eigenvalue weighted by atomic mass is 9.77. The molecule has 0 saturated carbocycles. The highest BCUT2D eigenvalue weighted by molar-refractivity contribution is 6.00. The standard InChI is InChI=1S/C23H17F5N2O3/c24-18-6-5-16(8-19(18)25)30-21(32)22(11-33-12-22)15-3-1-13(2-4-15)17-9-29-20(23(26,27)28)7-14(17)10-31/h1-9,31H,10-12H2,(H,30,32). The van der Waals surface area contributed by atoms with Gasteiger partial charge in [-0.2, -0.15) is 13.2 Å². The molecule has 2 N–H and O–H groups in total. The molecule has 172 valence electrons. The molecule has 1 aromatic heterocycles. The Labute approximate surface area is 184 Å². The van der Waals surface area contributed by atoms with Gasteiger partial charge in [0.1, 0.15) is 11.1 Å². The predicted octanol–water partition coefficient (Wildman–Crippen LogP) is 4.44. The van der Waals surface area contributed by atoms with Crippen LogP contribution >= 0.6 is 0 Å². The van der Waals surface area contributed by atoms with Gasteiger partial charge in [0.15, 0.2) is 11.6 Å². The van der Waals surface area contributed by atoms with Crippen molar-refractivity contribution in [2.24, 2.45) is 0 Å². The van der Waals surface area contributed by atoms with Crippen LogP contribution in [0.2, 0.25) is 0 Å². The number of nitrogens with one attached hydrogen (secondary N) is 1. The summed E-state index contributed by atoms with van der Waals surface area (Å²) >= 11 is 0. The van der Waals surface area contributed by atoms with Crippen molar-refractivity contribution in [1.29, 1.82) is 0 Å². The number of benzene rings is 2. The summed E-state index contributed by atoms with van der Waals surface area (Å²) in [6.07, 6.45) is -3.59. The second kappa shape index (κ2) is 8.53. The van der Waals surface area contributed by atoms with E-state index in [0.717, 1.165) is 24.4 Å². The summed E-state index contributed by atoms with van der Waals surface area (Å²) in [5, 5.41) is 12.1. The van der Waals surface area contributed by atoms with Crippen LogP contribution in [0, 0.1) is 11.6 Å². The van der Waals surface area contributed by atoms with Crippen LogP contribution in [0.5, 0.6) is 0 Å². The molecule has 1 aliphatic rings. The Kier molecular flexibility index (Phi) is 5.89. The number of carbonyl (C=O) groups is 1. The first-order valence-electron chi connectivity index (χ1n) is 9.76. The van der Waals surface area contributed by atoms with E-state index >= 15 is 0 Å². The van der Waals surface area contributed by atoms with Crippen LogP contribution in [-0.4, -0.2) is 29.2 Å². The van der Waals surface area contributed by atoms with Crippen LogP contribution < -0.4 is 5.32 Å². The minimum atomic E-state index is -4.64. The molecular weight excluding hydrogens is 447 g/mol. The lowest BCUT2D eigenvalue weighted by Crippen LogP contribution is -2.55. The Morgan fingerprint density at radius 3 is 2.30 bits per heavy atom. The maximum absolute atomic E-state index is 13.5. The molecule has 2 aromatic carbocycles. The fourth-order valence-electron chi connectivity index (χ4n) is 3.57. The average molecular weight is 464 g/mol. The molecule has 5 nitrogen and oxygen atoms in total. The van der Waals surface area contributed by atoms with Gasteiger partial charge in [-0.1, -0.05) is 24.3 Å². The number of nitrogens with zero attached hydrogens (tertiary/aromatic N) is 1. The quantitative estimate of drug-likeness (QED) is 0.548. The largest absolute Gasteiger partial charge is 0.433 e. The first-order valence-corrected chi connectivity index (χ1v) is 9.76. The second-order valence-corrected chi connectivity index (χ2v) is 7.62. The Balaban J connectivity index is 1.60. The van der Waals surface area contributed by atoms with Crippen LogP contribution in [0.1, 0.15) is 16.8 Å². The molecule has 0 bridgehead atoms. The number of alkyl halides is 3. The van der Waals surface area contributed by atoms with E-state index in [1.54, 1.807) is 24.3 Å². The van der Waals surface area contributed by atoms with E-state index < -0.39 is 41.4 Å². The number of hydrogen-bond donors (Lipinski definition) is 2. The Morgan fingerprint density at radius 2 is 1.76 bits per heavy atom. The van der Waals surface area contributed by atoms with E-state index in [4.69, 9.17) is 4.74 Å². The van der Waals surface area contributed by atoms with Crippen molar-refractivity contribution in [2.75, 3.05) is 18.5 Å². The fraction of sp³-hybridized carbons (Fsp3) is 0.217. The molecule has 1 amide bonds. The Hall–Kier alpha value is -3.37. The van der Waals surface area contributed by atoms with E-state index in [9.17, 15) is 31.9 Å². The van der Waals surface area contributed by atoms with Gasteiger partial charge in [-0.3, -0.25) is 9.78 Å². The Morgan fingerprint density at radius 1 is 1.06 bits per heavy atom. The number of halogens is 5. The number of aliphatic hydroxyl groups excluding tert-OH is 1. The van der Waals surface area contributed by atoms with E-state index in [2.05, 4.69) is 10.3 Å². The van der Waals surface area contributed by atoms with E-state index in [1.807, 2.05) is 0 Å². The summed E-state index contributed by atoms with van der Waals surface area (Å²) in [7, 11) is 0. The van der Waals surface area contributed by atoms with Gasteiger partial charge in [-0.25, -0.2) is 8.78 Å². The SMILES string of the molecule is O=C(Nc1ccc(F)c(F)c1)C1(c2ccc(-c3cnc(C(F)(F)F)cc3CO)cc2)COC1.